The van der Waals surface area contributed by atoms with Gasteiger partial charge in [0.15, 0.2) is 0 Å². The lowest BCUT2D eigenvalue weighted by Gasteiger charge is -2.36. The number of hydrogen-bond donors (Lipinski definition) is 1. The number of thioether (sulfide) groups is 1. The van der Waals surface area contributed by atoms with Crippen LogP contribution in [-0.4, -0.2) is 18.1 Å². The molecule has 1 saturated heterocycles. The van der Waals surface area contributed by atoms with E-state index in [0.717, 1.165) is 11.6 Å². The van der Waals surface area contributed by atoms with E-state index in [4.69, 9.17) is 17.3 Å². The highest BCUT2D eigenvalue weighted by Gasteiger charge is 2.32. The lowest BCUT2D eigenvalue weighted by Crippen LogP contribution is -2.38. The molecule has 0 radical (unpaired) electrons. The van der Waals surface area contributed by atoms with Gasteiger partial charge in [-0.25, -0.2) is 0 Å². The zero-order valence-electron chi connectivity index (χ0n) is 8.71. The van der Waals surface area contributed by atoms with Crippen molar-refractivity contribution in [3.8, 4) is 0 Å². The van der Waals surface area contributed by atoms with Crippen LogP contribution in [0.2, 0.25) is 5.02 Å². The third-order valence-corrected chi connectivity index (χ3v) is 4.53. The van der Waals surface area contributed by atoms with Crippen molar-refractivity contribution in [3.63, 3.8) is 0 Å². The minimum Gasteiger partial charge on any atom is -0.330 e. The average Bonchev–Trinajstić information content (AvgIpc) is 2.31. The normalized spacial score (nSPS) is 20.1. The van der Waals surface area contributed by atoms with Gasteiger partial charge in [0.1, 0.15) is 0 Å². The second kappa shape index (κ2) is 4.77. The van der Waals surface area contributed by atoms with Crippen molar-refractivity contribution in [2.45, 2.75) is 18.3 Å². The van der Waals surface area contributed by atoms with Crippen molar-refractivity contribution < 1.29 is 0 Å². The van der Waals surface area contributed by atoms with E-state index < -0.39 is 0 Å². The summed E-state index contributed by atoms with van der Waals surface area (Å²) in [6.07, 6.45) is 2.38. The maximum Gasteiger partial charge on any atom is 0.0406 e. The Kier molecular flexibility index (Phi) is 3.60. The van der Waals surface area contributed by atoms with E-state index in [2.05, 4.69) is 12.1 Å². The molecule has 3 heteroatoms. The van der Waals surface area contributed by atoms with Gasteiger partial charge in [-0.15, -0.1) is 0 Å². The van der Waals surface area contributed by atoms with E-state index >= 15 is 0 Å². The minimum absolute atomic E-state index is 0.204. The Morgan fingerprint density at radius 1 is 1.20 bits per heavy atom. The van der Waals surface area contributed by atoms with Crippen LogP contribution in [0.4, 0.5) is 0 Å². The number of nitrogens with two attached hydrogens (primary N) is 1. The zero-order valence-corrected chi connectivity index (χ0v) is 10.3. The van der Waals surface area contributed by atoms with Crippen molar-refractivity contribution in [1.82, 2.24) is 0 Å². The van der Waals surface area contributed by atoms with Gasteiger partial charge in [0.2, 0.25) is 0 Å². The number of rotatable bonds is 2. The maximum absolute atomic E-state index is 5.97. The molecule has 1 aliphatic heterocycles. The highest BCUT2D eigenvalue weighted by atomic mass is 35.5. The van der Waals surface area contributed by atoms with E-state index in [1.54, 1.807) is 0 Å². The van der Waals surface area contributed by atoms with Gasteiger partial charge < -0.3 is 5.73 Å². The average molecular weight is 242 g/mol. The molecule has 0 spiro atoms. The molecule has 0 atom stereocenters. The van der Waals surface area contributed by atoms with Crippen LogP contribution in [0.15, 0.2) is 24.3 Å². The summed E-state index contributed by atoms with van der Waals surface area (Å²) in [6.45, 7) is 0.745. The Morgan fingerprint density at radius 2 is 1.80 bits per heavy atom. The predicted molar refractivity (Wildman–Crippen MR) is 68.7 cm³/mol. The first-order valence-electron chi connectivity index (χ1n) is 5.31. The molecule has 82 valence electrons. The summed E-state index contributed by atoms with van der Waals surface area (Å²) in [5.74, 6) is 2.44. The molecule has 1 aromatic rings. The van der Waals surface area contributed by atoms with Crippen LogP contribution in [0.3, 0.4) is 0 Å². The largest absolute Gasteiger partial charge is 0.330 e. The first-order chi connectivity index (χ1) is 7.27. The molecule has 0 aliphatic carbocycles. The molecule has 0 bridgehead atoms. The van der Waals surface area contributed by atoms with Crippen LogP contribution < -0.4 is 5.73 Å². The van der Waals surface area contributed by atoms with Gasteiger partial charge in [-0.1, -0.05) is 23.7 Å². The Bertz CT molecular complexity index is 317. The number of halogens is 1. The smallest absolute Gasteiger partial charge is 0.0406 e. The van der Waals surface area contributed by atoms with Gasteiger partial charge in [-0.05, 0) is 42.0 Å². The summed E-state index contributed by atoms with van der Waals surface area (Å²) < 4.78 is 0. The molecule has 1 aliphatic rings. The molecule has 1 aromatic carbocycles. The van der Waals surface area contributed by atoms with Gasteiger partial charge >= 0.3 is 0 Å². The molecular weight excluding hydrogens is 226 g/mol. The highest BCUT2D eigenvalue weighted by molar-refractivity contribution is 7.99. The van der Waals surface area contributed by atoms with E-state index in [-0.39, 0.29) is 5.41 Å². The second-order valence-electron chi connectivity index (χ2n) is 4.10. The highest BCUT2D eigenvalue weighted by Crippen LogP contribution is 2.37. The standard InChI is InChI=1S/C12H16ClNS/c13-11-3-1-10(2-4-11)12(9-14)5-7-15-8-6-12/h1-4H,5-9,14H2. The molecule has 0 amide bonds. The Labute approximate surface area is 100 Å². The molecule has 0 saturated carbocycles. The summed E-state index contributed by atoms with van der Waals surface area (Å²) in [7, 11) is 0. The van der Waals surface area contributed by atoms with Gasteiger partial charge in [0.25, 0.3) is 0 Å². The summed E-state index contributed by atoms with van der Waals surface area (Å²) in [6, 6.07) is 8.20. The van der Waals surface area contributed by atoms with Crippen molar-refractivity contribution in [1.29, 1.82) is 0 Å². The van der Waals surface area contributed by atoms with Gasteiger partial charge in [-0.2, -0.15) is 11.8 Å². The number of benzene rings is 1. The zero-order chi connectivity index (χ0) is 10.7. The predicted octanol–water partition coefficient (Wildman–Crippen LogP) is 3.06. The van der Waals surface area contributed by atoms with E-state index in [9.17, 15) is 0 Å². The maximum atomic E-state index is 5.97. The fourth-order valence-electron chi connectivity index (χ4n) is 2.18. The van der Waals surface area contributed by atoms with Crippen molar-refractivity contribution >= 4 is 23.4 Å². The molecule has 1 fully saturated rings. The van der Waals surface area contributed by atoms with E-state index in [0.29, 0.717) is 0 Å². The Hall–Kier alpha value is -0.180. The summed E-state index contributed by atoms with van der Waals surface area (Å²) in [5.41, 5.74) is 7.53. The van der Waals surface area contributed by atoms with Crippen LogP contribution in [-0.2, 0) is 5.41 Å². The van der Waals surface area contributed by atoms with Crippen LogP contribution in [0.5, 0.6) is 0 Å². The van der Waals surface area contributed by atoms with Crippen molar-refractivity contribution in [2.75, 3.05) is 18.1 Å². The number of hydrogen-bond acceptors (Lipinski definition) is 2. The third kappa shape index (κ3) is 2.32. The van der Waals surface area contributed by atoms with Crippen LogP contribution in [0.25, 0.3) is 0 Å². The molecule has 0 unspecified atom stereocenters. The molecule has 1 nitrogen and oxygen atoms in total. The molecule has 1 heterocycles. The monoisotopic (exact) mass is 241 g/mol. The minimum atomic E-state index is 0.204. The molecule has 2 rings (SSSR count). The molecule has 15 heavy (non-hydrogen) atoms. The fraction of sp³-hybridized carbons (Fsp3) is 0.500. The van der Waals surface area contributed by atoms with Crippen molar-refractivity contribution in [2.24, 2.45) is 5.73 Å². The van der Waals surface area contributed by atoms with Gasteiger partial charge in [0, 0.05) is 17.0 Å². The Balaban J connectivity index is 2.28. The van der Waals surface area contributed by atoms with Crippen molar-refractivity contribution in [3.05, 3.63) is 34.9 Å². The molecular formula is C12H16ClNS. The SMILES string of the molecule is NCC1(c2ccc(Cl)cc2)CCSCC1. The van der Waals surface area contributed by atoms with Crippen LogP contribution in [0, 0.1) is 0 Å². The van der Waals surface area contributed by atoms with Crippen LogP contribution in [0.1, 0.15) is 18.4 Å². The molecule has 0 aromatic heterocycles. The fourth-order valence-corrected chi connectivity index (χ4v) is 3.58. The van der Waals surface area contributed by atoms with Gasteiger partial charge in [0.05, 0.1) is 0 Å². The summed E-state index contributed by atoms with van der Waals surface area (Å²) in [5, 5.41) is 0.802. The Morgan fingerprint density at radius 3 is 2.33 bits per heavy atom. The second-order valence-corrected chi connectivity index (χ2v) is 5.76. The first kappa shape index (κ1) is 11.3. The van der Waals surface area contributed by atoms with E-state index in [1.165, 1.54) is 29.9 Å². The van der Waals surface area contributed by atoms with E-state index in [1.807, 2.05) is 23.9 Å². The molecule has 2 N–H and O–H groups in total. The van der Waals surface area contributed by atoms with Gasteiger partial charge in [-0.3, -0.25) is 0 Å². The topological polar surface area (TPSA) is 26.0 Å². The summed E-state index contributed by atoms with van der Waals surface area (Å²) in [4.78, 5) is 0. The summed E-state index contributed by atoms with van der Waals surface area (Å²) >= 11 is 7.93. The van der Waals surface area contributed by atoms with Crippen LogP contribution >= 0.6 is 23.4 Å². The first-order valence-corrected chi connectivity index (χ1v) is 6.84. The lowest BCUT2D eigenvalue weighted by molar-refractivity contribution is 0.405. The lowest BCUT2D eigenvalue weighted by atomic mass is 9.75. The third-order valence-electron chi connectivity index (χ3n) is 3.30. The quantitative estimate of drug-likeness (QED) is 0.861.